The van der Waals surface area contributed by atoms with Crippen LogP contribution in [0, 0.1) is 11.6 Å². The number of phenols is 1. The van der Waals surface area contributed by atoms with Crippen LogP contribution in [0.4, 0.5) is 13.6 Å². The molecule has 9 heteroatoms. The lowest BCUT2D eigenvalue weighted by Gasteiger charge is -2.21. The molecule has 0 aromatic heterocycles. The summed E-state index contributed by atoms with van der Waals surface area (Å²) in [6.07, 6.45) is 0.194. The number of nitrogens with zero attached hydrogens (tertiary/aromatic N) is 1. The molecule has 0 bridgehead atoms. The van der Waals surface area contributed by atoms with Crippen LogP contribution in [0.15, 0.2) is 40.9 Å². The monoisotopic (exact) mass is 480 g/mol. The lowest BCUT2D eigenvalue weighted by molar-refractivity contribution is -0.134. The summed E-state index contributed by atoms with van der Waals surface area (Å²) in [5.41, 5.74) is -0.532. The van der Waals surface area contributed by atoms with Crippen molar-refractivity contribution in [1.82, 2.24) is 10.2 Å². The summed E-state index contributed by atoms with van der Waals surface area (Å²) in [6, 6.07) is 7.50. The summed E-state index contributed by atoms with van der Waals surface area (Å²) >= 11 is 3.14. The minimum absolute atomic E-state index is 0.173. The Hall–Kier alpha value is -2.81. The van der Waals surface area contributed by atoms with Gasteiger partial charge >= 0.3 is 6.03 Å². The zero-order valence-electron chi connectivity index (χ0n) is 16.0. The molecule has 3 amide bonds. The molecule has 2 aromatic carbocycles. The summed E-state index contributed by atoms with van der Waals surface area (Å²) in [6.45, 7) is 1.06. The number of Topliss-reactive ketones (excluding diaryl/α,β-unsaturated/α-hetero) is 1. The first-order chi connectivity index (χ1) is 14.1. The van der Waals surface area contributed by atoms with Gasteiger partial charge in [-0.05, 0) is 55.2 Å². The first-order valence-corrected chi connectivity index (χ1v) is 9.95. The first kappa shape index (κ1) is 21.9. The molecule has 0 saturated carbocycles. The van der Waals surface area contributed by atoms with Crippen molar-refractivity contribution in [3.8, 4) is 5.75 Å². The summed E-state index contributed by atoms with van der Waals surface area (Å²) in [7, 11) is 0. The average molecular weight is 481 g/mol. The summed E-state index contributed by atoms with van der Waals surface area (Å²) < 4.78 is 28.0. The topological polar surface area (TPSA) is 86.7 Å². The molecule has 3 rings (SSSR count). The molecule has 1 fully saturated rings. The molecular weight excluding hydrogens is 462 g/mol. The van der Waals surface area contributed by atoms with Gasteiger partial charge in [0.15, 0.2) is 17.3 Å². The minimum Gasteiger partial charge on any atom is -0.505 e. The van der Waals surface area contributed by atoms with Gasteiger partial charge in [0.1, 0.15) is 11.4 Å². The SMILES string of the molecule is CC1(CCc2ccc(O)c(F)c2)NC(=O)N(CC(=O)Cc2ccc(Br)cc2F)C1=O. The fourth-order valence-corrected chi connectivity index (χ4v) is 3.60. The van der Waals surface area contributed by atoms with E-state index in [9.17, 15) is 28.3 Å². The fourth-order valence-electron chi connectivity index (χ4n) is 3.27. The van der Waals surface area contributed by atoms with Crippen LogP contribution in [0.5, 0.6) is 5.75 Å². The van der Waals surface area contributed by atoms with Gasteiger partial charge in [-0.15, -0.1) is 0 Å². The molecular formula is C21H19BrF2N2O4. The van der Waals surface area contributed by atoms with Crippen LogP contribution in [0.3, 0.4) is 0 Å². The standard InChI is InChI=1S/C21H19BrF2N2O4/c1-21(7-6-12-2-5-18(28)17(24)8-12)19(29)26(20(30)25-21)11-15(27)9-13-3-4-14(22)10-16(13)23/h2-5,8,10,28H,6-7,9,11H2,1H3,(H,25,30). The third-order valence-corrected chi connectivity index (χ3v) is 5.50. The van der Waals surface area contributed by atoms with E-state index in [-0.39, 0.29) is 24.8 Å². The van der Waals surface area contributed by atoms with Crippen molar-refractivity contribution < 1.29 is 28.3 Å². The Labute approximate surface area is 180 Å². The van der Waals surface area contributed by atoms with Crippen molar-refractivity contribution in [2.75, 3.05) is 6.54 Å². The molecule has 1 aliphatic rings. The zero-order valence-corrected chi connectivity index (χ0v) is 17.6. The number of hydrogen-bond donors (Lipinski definition) is 2. The van der Waals surface area contributed by atoms with Crippen molar-refractivity contribution in [3.63, 3.8) is 0 Å². The number of aryl methyl sites for hydroxylation is 1. The summed E-state index contributed by atoms with van der Waals surface area (Å²) in [5, 5.41) is 11.8. The normalized spacial score (nSPS) is 18.6. The molecule has 1 unspecified atom stereocenters. The second-order valence-corrected chi connectivity index (χ2v) is 8.31. The van der Waals surface area contributed by atoms with E-state index in [0.717, 1.165) is 11.0 Å². The number of imide groups is 1. The molecule has 1 atom stereocenters. The van der Waals surface area contributed by atoms with Crippen LogP contribution >= 0.6 is 15.9 Å². The van der Waals surface area contributed by atoms with Crippen molar-refractivity contribution in [2.45, 2.75) is 31.7 Å². The van der Waals surface area contributed by atoms with Gasteiger partial charge in [-0.1, -0.05) is 28.1 Å². The van der Waals surface area contributed by atoms with Crippen molar-refractivity contribution >= 4 is 33.7 Å². The largest absolute Gasteiger partial charge is 0.505 e. The number of hydrogen-bond acceptors (Lipinski definition) is 4. The molecule has 1 aliphatic heterocycles. The second-order valence-electron chi connectivity index (χ2n) is 7.39. The Morgan fingerprint density at radius 3 is 2.57 bits per heavy atom. The number of nitrogens with one attached hydrogen (secondary N) is 1. The number of carbonyl (C=O) groups excluding carboxylic acids is 3. The third kappa shape index (κ3) is 4.67. The van der Waals surface area contributed by atoms with E-state index in [1.807, 2.05) is 0 Å². The molecule has 0 aliphatic carbocycles. The quantitative estimate of drug-likeness (QED) is 0.593. The maximum absolute atomic E-state index is 13.9. The van der Waals surface area contributed by atoms with E-state index in [0.29, 0.717) is 10.0 Å². The lowest BCUT2D eigenvalue weighted by atomic mass is 9.93. The van der Waals surface area contributed by atoms with Crippen LogP contribution in [0.1, 0.15) is 24.5 Å². The number of rotatable bonds is 7. The van der Waals surface area contributed by atoms with Crippen LogP contribution in [0.2, 0.25) is 0 Å². The predicted octanol–water partition coefficient (Wildman–Crippen LogP) is 3.49. The van der Waals surface area contributed by atoms with Crippen molar-refractivity contribution in [3.05, 3.63) is 63.6 Å². The second kappa shape index (κ2) is 8.51. The van der Waals surface area contributed by atoms with E-state index in [2.05, 4.69) is 21.2 Å². The predicted molar refractivity (Wildman–Crippen MR) is 108 cm³/mol. The molecule has 6 nitrogen and oxygen atoms in total. The molecule has 30 heavy (non-hydrogen) atoms. The van der Waals surface area contributed by atoms with Gasteiger partial charge in [0.05, 0.1) is 6.54 Å². The van der Waals surface area contributed by atoms with Crippen LogP contribution in [-0.4, -0.2) is 39.8 Å². The van der Waals surface area contributed by atoms with Gasteiger partial charge in [-0.3, -0.25) is 14.5 Å². The maximum atomic E-state index is 13.9. The number of phenolic OH excluding ortho intramolecular Hbond substituents is 1. The Morgan fingerprint density at radius 2 is 1.90 bits per heavy atom. The van der Waals surface area contributed by atoms with Gasteiger partial charge in [0, 0.05) is 10.9 Å². The fraction of sp³-hybridized carbons (Fsp3) is 0.286. The van der Waals surface area contributed by atoms with E-state index in [4.69, 9.17) is 0 Å². The highest BCUT2D eigenvalue weighted by Crippen LogP contribution is 2.25. The van der Waals surface area contributed by atoms with Gasteiger partial charge in [0.25, 0.3) is 5.91 Å². The highest BCUT2D eigenvalue weighted by Gasteiger charge is 2.47. The Bertz CT molecular complexity index is 1030. The molecule has 0 spiro atoms. The van der Waals surface area contributed by atoms with Crippen molar-refractivity contribution in [1.29, 1.82) is 0 Å². The summed E-state index contributed by atoms with van der Waals surface area (Å²) in [5.74, 6) is -2.85. The van der Waals surface area contributed by atoms with E-state index in [1.165, 1.54) is 31.2 Å². The first-order valence-electron chi connectivity index (χ1n) is 9.16. The molecule has 1 heterocycles. The Morgan fingerprint density at radius 1 is 1.17 bits per heavy atom. The Balaban J connectivity index is 1.64. The van der Waals surface area contributed by atoms with E-state index in [1.54, 1.807) is 6.07 Å². The molecule has 2 N–H and O–H groups in total. The van der Waals surface area contributed by atoms with E-state index < -0.39 is 47.2 Å². The maximum Gasteiger partial charge on any atom is 0.325 e. The highest BCUT2D eigenvalue weighted by atomic mass is 79.9. The number of benzene rings is 2. The smallest absolute Gasteiger partial charge is 0.325 e. The lowest BCUT2D eigenvalue weighted by Crippen LogP contribution is -2.44. The molecule has 158 valence electrons. The summed E-state index contributed by atoms with van der Waals surface area (Å²) in [4.78, 5) is 38.2. The molecule has 2 aromatic rings. The van der Waals surface area contributed by atoms with Crippen LogP contribution < -0.4 is 5.32 Å². The number of halogens is 3. The highest BCUT2D eigenvalue weighted by molar-refractivity contribution is 9.10. The van der Waals surface area contributed by atoms with Crippen LogP contribution in [0.25, 0.3) is 0 Å². The van der Waals surface area contributed by atoms with Crippen LogP contribution in [-0.2, 0) is 22.4 Å². The third-order valence-electron chi connectivity index (χ3n) is 5.01. The van der Waals surface area contributed by atoms with Gasteiger partial charge in [0.2, 0.25) is 0 Å². The van der Waals surface area contributed by atoms with Gasteiger partial charge in [-0.2, -0.15) is 0 Å². The Kier molecular flexibility index (Phi) is 6.21. The van der Waals surface area contributed by atoms with E-state index >= 15 is 0 Å². The van der Waals surface area contributed by atoms with Gasteiger partial charge in [-0.25, -0.2) is 13.6 Å². The van der Waals surface area contributed by atoms with Gasteiger partial charge < -0.3 is 10.4 Å². The van der Waals surface area contributed by atoms with Crippen molar-refractivity contribution in [2.24, 2.45) is 0 Å². The zero-order chi connectivity index (χ0) is 22.1. The number of ketones is 1. The number of urea groups is 1. The number of amides is 3. The molecule has 1 saturated heterocycles. The number of carbonyl (C=O) groups is 3. The number of aromatic hydroxyl groups is 1. The minimum atomic E-state index is -1.26. The molecule has 0 radical (unpaired) electrons. The average Bonchev–Trinajstić information content (AvgIpc) is 2.88.